The predicted molar refractivity (Wildman–Crippen MR) is 76.2 cm³/mol. The van der Waals surface area contributed by atoms with Gasteiger partial charge in [0.25, 0.3) is 0 Å². The highest BCUT2D eigenvalue weighted by molar-refractivity contribution is 5.73. The maximum Gasteiger partial charge on any atom is 0.320 e. The highest BCUT2D eigenvalue weighted by Gasteiger charge is 2.30. The van der Waals surface area contributed by atoms with Crippen molar-refractivity contribution in [2.45, 2.75) is 51.6 Å². The molecule has 0 spiro atoms. The Bertz CT molecular complexity index is 445. The zero-order valence-corrected chi connectivity index (χ0v) is 12.0. The van der Waals surface area contributed by atoms with Crippen LogP contribution in [0.2, 0.25) is 0 Å². The van der Waals surface area contributed by atoms with Gasteiger partial charge in [-0.2, -0.15) is 0 Å². The van der Waals surface area contributed by atoms with E-state index in [0.29, 0.717) is 0 Å². The van der Waals surface area contributed by atoms with Crippen molar-refractivity contribution in [2.24, 2.45) is 0 Å². The van der Waals surface area contributed by atoms with E-state index in [1.807, 2.05) is 0 Å². The van der Waals surface area contributed by atoms with Crippen LogP contribution in [0.5, 0.6) is 0 Å². The summed E-state index contributed by atoms with van der Waals surface area (Å²) in [5, 5.41) is 9.17. The second-order valence-electron chi connectivity index (χ2n) is 6.41. The minimum absolute atomic E-state index is 0.162. The van der Waals surface area contributed by atoms with Gasteiger partial charge in [-0.05, 0) is 35.9 Å². The van der Waals surface area contributed by atoms with E-state index in [-0.39, 0.29) is 11.5 Å². The third-order valence-corrected chi connectivity index (χ3v) is 3.85. The van der Waals surface area contributed by atoms with Gasteiger partial charge in [-0.25, -0.2) is 0 Å². The van der Waals surface area contributed by atoms with E-state index in [9.17, 15) is 9.90 Å². The second-order valence-corrected chi connectivity index (χ2v) is 6.41. The Morgan fingerprint density at radius 1 is 1.32 bits per heavy atom. The van der Waals surface area contributed by atoms with Crippen LogP contribution in [0, 0.1) is 0 Å². The molecule has 0 radical (unpaired) electrons. The first-order chi connectivity index (χ1) is 8.88. The summed E-state index contributed by atoms with van der Waals surface area (Å²) in [5.41, 5.74) is 2.67. The van der Waals surface area contributed by atoms with E-state index < -0.39 is 5.97 Å². The Morgan fingerprint density at radius 2 is 1.95 bits per heavy atom. The lowest BCUT2D eigenvalue weighted by Gasteiger charge is -2.22. The smallest absolute Gasteiger partial charge is 0.320 e. The minimum atomic E-state index is -0.691. The van der Waals surface area contributed by atoms with Crippen molar-refractivity contribution in [1.82, 2.24) is 4.90 Å². The van der Waals surface area contributed by atoms with Crippen molar-refractivity contribution < 1.29 is 9.90 Å². The van der Waals surface area contributed by atoms with Gasteiger partial charge >= 0.3 is 5.97 Å². The SMILES string of the molecule is CC(C)(C)c1ccc(CN2CCCC2C(=O)O)cc1. The molecule has 0 bridgehead atoms. The molecule has 0 aromatic heterocycles. The number of benzene rings is 1. The maximum atomic E-state index is 11.1. The van der Waals surface area contributed by atoms with Crippen molar-refractivity contribution in [2.75, 3.05) is 6.54 Å². The fourth-order valence-corrected chi connectivity index (χ4v) is 2.64. The van der Waals surface area contributed by atoms with Gasteiger partial charge in [-0.3, -0.25) is 9.69 Å². The molecule has 3 nitrogen and oxygen atoms in total. The summed E-state index contributed by atoms with van der Waals surface area (Å²) in [6, 6.07) is 8.25. The number of aliphatic carboxylic acids is 1. The summed E-state index contributed by atoms with van der Waals surface area (Å²) < 4.78 is 0. The standard InChI is InChI=1S/C16H23NO2/c1-16(2,3)13-8-6-12(7-9-13)11-17-10-4-5-14(17)15(18)19/h6-9,14H,4-5,10-11H2,1-3H3,(H,18,19). The molecule has 1 saturated heterocycles. The summed E-state index contributed by atoms with van der Waals surface area (Å²) in [6.07, 6.45) is 1.76. The normalized spacial score (nSPS) is 20.7. The van der Waals surface area contributed by atoms with Gasteiger partial charge in [0.05, 0.1) is 0 Å². The van der Waals surface area contributed by atoms with Gasteiger partial charge in [0, 0.05) is 6.54 Å². The summed E-state index contributed by atoms with van der Waals surface area (Å²) in [5.74, 6) is -0.691. The number of likely N-dealkylation sites (tertiary alicyclic amines) is 1. The fraction of sp³-hybridized carbons (Fsp3) is 0.562. The minimum Gasteiger partial charge on any atom is -0.480 e. The Balaban J connectivity index is 2.06. The van der Waals surface area contributed by atoms with Gasteiger partial charge in [0.2, 0.25) is 0 Å². The molecule has 1 atom stereocenters. The molecule has 1 N–H and O–H groups in total. The maximum absolute atomic E-state index is 11.1. The van der Waals surface area contributed by atoms with Crippen LogP contribution in [0.3, 0.4) is 0 Å². The molecule has 1 fully saturated rings. The average Bonchev–Trinajstić information content (AvgIpc) is 2.77. The monoisotopic (exact) mass is 261 g/mol. The number of rotatable bonds is 3. The van der Waals surface area contributed by atoms with Crippen LogP contribution in [0.25, 0.3) is 0 Å². The third-order valence-electron chi connectivity index (χ3n) is 3.85. The number of hydrogen-bond acceptors (Lipinski definition) is 2. The molecule has 1 heterocycles. The van der Waals surface area contributed by atoms with Gasteiger partial charge in [-0.1, -0.05) is 45.0 Å². The van der Waals surface area contributed by atoms with Crippen molar-refractivity contribution in [3.05, 3.63) is 35.4 Å². The topological polar surface area (TPSA) is 40.5 Å². The summed E-state index contributed by atoms with van der Waals surface area (Å²) in [4.78, 5) is 13.2. The Morgan fingerprint density at radius 3 is 2.47 bits per heavy atom. The largest absolute Gasteiger partial charge is 0.480 e. The predicted octanol–water partition coefficient (Wildman–Crippen LogP) is 3.03. The van der Waals surface area contributed by atoms with Crippen LogP contribution >= 0.6 is 0 Å². The van der Waals surface area contributed by atoms with Crippen LogP contribution in [-0.2, 0) is 16.8 Å². The quantitative estimate of drug-likeness (QED) is 0.909. The molecule has 1 aromatic rings. The first kappa shape index (κ1) is 14.1. The highest BCUT2D eigenvalue weighted by atomic mass is 16.4. The zero-order valence-electron chi connectivity index (χ0n) is 12.0. The third kappa shape index (κ3) is 3.35. The van der Waals surface area contributed by atoms with Crippen molar-refractivity contribution >= 4 is 5.97 Å². The Hall–Kier alpha value is -1.35. The lowest BCUT2D eigenvalue weighted by molar-refractivity contribution is -0.142. The van der Waals surface area contributed by atoms with E-state index in [2.05, 4.69) is 49.9 Å². The Kier molecular flexibility index (Phi) is 3.95. The van der Waals surface area contributed by atoms with Crippen molar-refractivity contribution in [3.63, 3.8) is 0 Å². The summed E-state index contributed by atoms with van der Waals surface area (Å²) in [7, 11) is 0. The van der Waals surface area contributed by atoms with Crippen LogP contribution in [0.1, 0.15) is 44.7 Å². The zero-order chi connectivity index (χ0) is 14.0. The molecule has 2 rings (SSSR count). The molecule has 19 heavy (non-hydrogen) atoms. The van der Waals surface area contributed by atoms with Crippen LogP contribution < -0.4 is 0 Å². The van der Waals surface area contributed by atoms with Crippen LogP contribution in [0.4, 0.5) is 0 Å². The number of carbonyl (C=O) groups is 1. The molecule has 3 heteroatoms. The molecule has 1 aromatic carbocycles. The molecular formula is C16H23NO2. The first-order valence-corrected chi connectivity index (χ1v) is 6.94. The first-order valence-electron chi connectivity index (χ1n) is 6.94. The number of carboxylic acids is 1. The molecule has 104 valence electrons. The highest BCUT2D eigenvalue weighted by Crippen LogP contribution is 2.24. The van der Waals surface area contributed by atoms with Crippen LogP contribution in [0.15, 0.2) is 24.3 Å². The van der Waals surface area contributed by atoms with E-state index >= 15 is 0 Å². The number of carboxylic acid groups (broad SMARTS) is 1. The molecule has 0 amide bonds. The van der Waals surface area contributed by atoms with Gasteiger partial charge in [-0.15, -0.1) is 0 Å². The van der Waals surface area contributed by atoms with E-state index in [1.54, 1.807) is 0 Å². The fourth-order valence-electron chi connectivity index (χ4n) is 2.64. The molecular weight excluding hydrogens is 238 g/mol. The summed E-state index contributed by atoms with van der Waals surface area (Å²) >= 11 is 0. The number of hydrogen-bond donors (Lipinski definition) is 1. The van der Waals surface area contributed by atoms with Crippen LogP contribution in [-0.4, -0.2) is 28.6 Å². The second kappa shape index (κ2) is 5.33. The molecule has 1 unspecified atom stereocenters. The number of nitrogens with zero attached hydrogens (tertiary/aromatic N) is 1. The molecule has 0 saturated carbocycles. The lowest BCUT2D eigenvalue weighted by Crippen LogP contribution is -2.35. The molecule has 0 aliphatic carbocycles. The molecule has 1 aliphatic heterocycles. The Labute approximate surface area is 115 Å². The average molecular weight is 261 g/mol. The van der Waals surface area contributed by atoms with Gasteiger partial charge in [0.1, 0.15) is 6.04 Å². The van der Waals surface area contributed by atoms with Crippen molar-refractivity contribution in [1.29, 1.82) is 0 Å². The van der Waals surface area contributed by atoms with Gasteiger partial charge in [0.15, 0.2) is 0 Å². The summed E-state index contributed by atoms with van der Waals surface area (Å²) in [6.45, 7) is 8.22. The van der Waals surface area contributed by atoms with Gasteiger partial charge < -0.3 is 5.11 Å². The van der Waals surface area contributed by atoms with E-state index in [1.165, 1.54) is 11.1 Å². The molecule has 1 aliphatic rings. The van der Waals surface area contributed by atoms with E-state index in [0.717, 1.165) is 25.9 Å². The lowest BCUT2D eigenvalue weighted by atomic mass is 9.87. The van der Waals surface area contributed by atoms with Crippen molar-refractivity contribution in [3.8, 4) is 0 Å². The van der Waals surface area contributed by atoms with E-state index in [4.69, 9.17) is 0 Å².